The Balaban J connectivity index is 1.57. The lowest BCUT2D eigenvalue weighted by atomic mass is 10.1. The molecule has 3 rings (SSSR count). The molecule has 1 aliphatic heterocycles. The number of anilines is 1. The van der Waals surface area contributed by atoms with Crippen LogP contribution in [0.15, 0.2) is 53.6 Å². The zero-order valence-electron chi connectivity index (χ0n) is 17.1. The van der Waals surface area contributed by atoms with E-state index in [9.17, 15) is 13.2 Å². The molecule has 7 nitrogen and oxygen atoms in total. The second-order valence-corrected chi connectivity index (χ2v) is 10.1. The summed E-state index contributed by atoms with van der Waals surface area (Å²) >= 11 is 12.1. The molecule has 0 aliphatic carbocycles. The van der Waals surface area contributed by atoms with Crippen molar-refractivity contribution in [2.75, 3.05) is 30.2 Å². The van der Waals surface area contributed by atoms with E-state index in [-0.39, 0.29) is 10.7 Å². The average molecular weight is 483 g/mol. The summed E-state index contributed by atoms with van der Waals surface area (Å²) in [5.74, 6) is -0.555. The number of sulfonamides is 1. The molecule has 0 unspecified atom stereocenters. The SMILES string of the molecule is CS(=O)(=O)N(CC(=O)NN=C1CCN(Cc2ccccc2)CC1)c1cc(Cl)ccc1Cl. The lowest BCUT2D eigenvalue weighted by Gasteiger charge is -2.27. The van der Waals surface area contributed by atoms with Gasteiger partial charge in [0.25, 0.3) is 5.91 Å². The molecule has 0 spiro atoms. The Bertz CT molecular complexity index is 1050. The Morgan fingerprint density at radius 2 is 1.81 bits per heavy atom. The van der Waals surface area contributed by atoms with Gasteiger partial charge in [-0.1, -0.05) is 53.5 Å². The fourth-order valence-corrected chi connectivity index (χ4v) is 4.58. The Morgan fingerprint density at radius 3 is 2.45 bits per heavy atom. The lowest BCUT2D eigenvalue weighted by Crippen LogP contribution is -2.40. The molecule has 0 atom stereocenters. The molecular weight excluding hydrogens is 459 g/mol. The van der Waals surface area contributed by atoms with Crippen molar-refractivity contribution in [2.45, 2.75) is 19.4 Å². The van der Waals surface area contributed by atoms with Crippen LogP contribution in [0.3, 0.4) is 0 Å². The van der Waals surface area contributed by atoms with Crippen molar-refractivity contribution in [3.05, 3.63) is 64.1 Å². The first-order valence-electron chi connectivity index (χ1n) is 9.75. The third kappa shape index (κ3) is 6.93. The molecule has 1 aliphatic rings. The van der Waals surface area contributed by atoms with Crippen LogP contribution in [0.25, 0.3) is 0 Å². The van der Waals surface area contributed by atoms with Crippen molar-refractivity contribution in [3.8, 4) is 0 Å². The summed E-state index contributed by atoms with van der Waals surface area (Å²) in [5, 5.41) is 4.70. The predicted octanol–water partition coefficient (Wildman–Crippen LogP) is 3.53. The van der Waals surface area contributed by atoms with Crippen molar-refractivity contribution in [3.63, 3.8) is 0 Å². The second-order valence-electron chi connectivity index (χ2n) is 7.34. The van der Waals surface area contributed by atoms with E-state index in [1.54, 1.807) is 6.07 Å². The van der Waals surface area contributed by atoms with Crippen LogP contribution in [-0.4, -0.2) is 50.8 Å². The average Bonchev–Trinajstić information content (AvgIpc) is 2.73. The number of hydrogen-bond donors (Lipinski definition) is 1. The van der Waals surface area contributed by atoms with E-state index >= 15 is 0 Å². The van der Waals surface area contributed by atoms with Crippen molar-refractivity contribution in [2.24, 2.45) is 5.10 Å². The van der Waals surface area contributed by atoms with E-state index in [4.69, 9.17) is 23.2 Å². The third-order valence-corrected chi connectivity index (χ3v) is 6.57. The topological polar surface area (TPSA) is 82.1 Å². The highest BCUT2D eigenvalue weighted by molar-refractivity contribution is 7.92. The Labute approximate surface area is 192 Å². The predicted molar refractivity (Wildman–Crippen MR) is 125 cm³/mol. The van der Waals surface area contributed by atoms with Crippen LogP contribution < -0.4 is 9.73 Å². The first-order valence-corrected chi connectivity index (χ1v) is 12.4. The van der Waals surface area contributed by atoms with Gasteiger partial charge in [0.2, 0.25) is 10.0 Å². The van der Waals surface area contributed by atoms with E-state index in [2.05, 4.69) is 27.6 Å². The minimum absolute atomic E-state index is 0.147. The molecule has 1 amide bonds. The Morgan fingerprint density at radius 1 is 1.13 bits per heavy atom. The van der Waals surface area contributed by atoms with Crippen molar-refractivity contribution >= 4 is 50.5 Å². The van der Waals surface area contributed by atoms with Gasteiger partial charge in [0.05, 0.1) is 17.0 Å². The van der Waals surface area contributed by atoms with Crippen molar-refractivity contribution in [1.29, 1.82) is 0 Å². The second kappa shape index (κ2) is 10.5. The molecule has 1 saturated heterocycles. The number of rotatable bonds is 7. The van der Waals surface area contributed by atoms with Crippen LogP contribution in [0.5, 0.6) is 0 Å². The number of hydrogen-bond acceptors (Lipinski definition) is 5. The maximum Gasteiger partial charge on any atom is 0.260 e. The number of likely N-dealkylation sites (tertiary alicyclic amines) is 1. The Kier molecular flexibility index (Phi) is 7.94. The van der Waals surface area contributed by atoms with Gasteiger partial charge in [0, 0.05) is 43.2 Å². The van der Waals surface area contributed by atoms with Crippen LogP contribution in [0.2, 0.25) is 10.0 Å². The maximum atomic E-state index is 12.4. The van der Waals surface area contributed by atoms with Crippen LogP contribution in [-0.2, 0) is 21.4 Å². The van der Waals surface area contributed by atoms with Crippen LogP contribution in [0, 0.1) is 0 Å². The highest BCUT2D eigenvalue weighted by atomic mass is 35.5. The van der Waals surface area contributed by atoms with Gasteiger partial charge in [0.1, 0.15) is 6.54 Å². The number of carbonyl (C=O) groups is 1. The van der Waals surface area contributed by atoms with Gasteiger partial charge in [-0.25, -0.2) is 13.8 Å². The van der Waals surface area contributed by atoms with Gasteiger partial charge >= 0.3 is 0 Å². The van der Waals surface area contributed by atoms with E-state index in [1.807, 2.05) is 18.2 Å². The van der Waals surface area contributed by atoms with Gasteiger partial charge in [0.15, 0.2) is 0 Å². The summed E-state index contributed by atoms with van der Waals surface area (Å²) in [6, 6.07) is 14.7. The molecule has 0 bridgehead atoms. The van der Waals surface area contributed by atoms with E-state index < -0.39 is 22.5 Å². The number of amides is 1. The van der Waals surface area contributed by atoms with E-state index in [0.717, 1.165) is 48.7 Å². The van der Waals surface area contributed by atoms with Crippen molar-refractivity contribution < 1.29 is 13.2 Å². The summed E-state index contributed by atoms with van der Waals surface area (Å²) in [4.78, 5) is 14.7. The first-order chi connectivity index (χ1) is 14.7. The summed E-state index contributed by atoms with van der Waals surface area (Å²) in [7, 11) is -3.76. The number of hydrazone groups is 1. The first kappa shape index (κ1) is 23.5. The Hall–Kier alpha value is -2.13. The zero-order chi connectivity index (χ0) is 22.4. The minimum atomic E-state index is -3.76. The smallest absolute Gasteiger partial charge is 0.260 e. The molecule has 10 heteroatoms. The molecule has 0 radical (unpaired) electrons. The van der Waals surface area contributed by atoms with Gasteiger partial charge in [-0.3, -0.25) is 14.0 Å². The van der Waals surface area contributed by atoms with Crippen LogP contribution >= 0.6 is 23.2 Å². The van der Waals surface area contributed by atoms with Gasteiger partial charge < -0.3 is 0 Å². The van der Waals surface area contributed by atoms with Gasteiger partial charge in [-0.05, 0) is 23.8 Å². The lowest BCUT2D eigenvalue weighted by molar-refractivity contribution is -0.119. The monoisotopic (exact) mass is 482 g/mol. The highest BCUT2D eigenvalue weighted by Crippen LogP contribution is 2.30. The molecule has 2 aromatic rings. The molecule has 1 N–H and O–H groups in total. The number of carbonyl (C=O) groups excluding carboxylic acids is 1. The zero-order valence-corrected chi connectivity index (χ0v) is 19.4. The number of nitrogens with one attached hydrogen (secondary N) is 1. The summed E-state index contributed by atoms with van der Waals surface area (Å²) in [5.41, 5.74) is 4.76. The van der Waals surface area contributed by atoms with Crippen LogP contribution in [0.1, 0.15) is 18.4 Å². The minimum Gasteiger partial charge on any atom is -0.298 e. The molecule has 0 aromatic heterocycles. The molecule has 166 valence electrons. The number of halogens is 2. The normalized spacial score (nSPS) is 14.9. The molecule has 31 heavy (non-hydrogen) atoms. The van der Waals surface area contributed by atoms with E-state index in [1.165, 1.54) is 17.7 Å². The number of benzene rings is 2. The molecule has 2 aromatic carbocycles. The molecule has 1 fully saturated rings. The number of nitrogens with zero attached hydrogens (tertiary/aromatic N) is 3. The standard InChI is InChI=1S/C21H24Cl2N4O3S/c1-31(29,30)27(20-13-17(22)7-8-19(20)23)15-21(28)25-24-18-9-11-26(12-10-18)14-16-5-3-2-4-6-16/h2-8,13H,9-12,14-15H2,1H3,(H,25,28). The molecule has 0 saturated carbocycles. The van der Waals surface area contributed by atoms with Crippen LogP contribution in [0.4, 0.5) is 5.69 Å². The van der Waals surface area contributed by atoms with Gasteiger partial charge in [-0.2, -0.15) is 5.10 Å². The number of piperidine rings is 1. The summed E-state index contributed by atoms with van der Waals surface area (Å²) in [6.45, 7) is 2.12. The maximum absolute atomic E-state index is 12.4. The molecule has 1 heterocycles. The highest BCUT2D eigenvalue weighted by Gasteiger charge is 2.23. The quantitative estimate of drug-likeness (QED) is 0.611. The van der Waals surface area contributed by atoms with Gasteiger partial charge in [-0.15, -0.1) is 0 Å². The molecular formula is C21H24Cl2N4O3S. The van der Waals surface area contributed by atoms with E-state index in [0.29, 0.717) is 5.02 Å². The van der Waals surface area contributed by atoms with Crippen molar-refractivity contribution in [1.82, 2.24) is 10.3 Å². The largest absolute Gasteiger partial charge is 0.298 e. The summed E-state index contributed by atoms with van der Waals surface area (Å²) < 4.78 is 25.4. The third-order valence-electron chi connectivity index (χ3n) is 4.89. The summed E-state index contributed by atoms with van der Waals surface area (Å²) in [6.07, 6.45) is 2.48. The fourth-order valence-electron chi connectivity index (χ4n) is 3.29. The fraction of sp³-hybridized carbons (Fsp3) is 0.333.